The number of anilines is 1. The van der Waals surface area contributed by atoms with E-state index in [-0.39, 0.29) is 113 Å². The van der Waals surface area contributed by atoms with Crippen molar-refractivity contribution in [3.05, 3.63) is 29.8 Å². The Labute approximate surface area is 372 Å². The van der Waals surface area contributed by atoms with E-state index in [1.807, 2.05) is 12.1 Å². The molecule has 0 radical (unpaired) electrons. The molecule has 1 aromatic rings. The quantitative estimate of drug-likeness (QED) is 0.0542. The summed E-state index contributed by atoms with van der Waals surface area (Å²) in [6.45, 7) is 3.04. The van der Waals surface area contributed by atoms with E-state index in [1.165, 1.54) is 0 Å². The van der Waals surface area contributed by atoms with Crippen LogP contribution in [0.4, 0.5) is 5.69 Å². The number of nitrogens with zero attached hydrogens (tertiary/aromatic N) is 7. The molecule has 24 nitrogen and oxygen atoms in total. The van der Waals surface area contributed by atoms with Crippen molar-refractivity contribution in [2.24, 2.45) is 0 Å². The number of nitrogen functional groups attached to an aromatic ring is 1. The molecule has 2 saturated heterocycles. The van der Waals surface area contributed by atoms with Crippen LogP contribution in [0.3, 0.4) is 0 Å². The number of carbonyl (C=O) groups excluding carboxylic acids is 1. The smallest absolute Gasteiger partial charge is 0.320 e. The zero-order chi connectivity index (χ0) is 46.2. The van der Waals surface area contributed by atoms with Crippen molar-refractivity contribution in [2.45, 2.75) is 46.2 Å². The minimum atomic E-state index is -1.12. The highest BCUT2D eigenvalue weighted by atomic mass is 16.5. The zero-order valence-corrected chi connectivity index (χ0v) is 34.6. The average molecular weight is 917 g/mol. The Morgan fingerprint density at radius 1 is 0.578 bits per heavy atom. The van der Waals surface area contributed by atoms with Gasteiger partial charge in [-0.15, -0.1) is 0 Å². The van der Waals surface area contributed by atoms with Gasteiger partial charge in [0.2, 0.25) is 0 Å². The van der Waals surface area contributed by atoms with Crippen LogP contribution in [0.25, 0.3) is 0 Å². The maximum atomic E-state index is 11.7. The third-order valence-electron chi connectivity index (χ3n) is 10.2. The van der Waals surface area contributed by atoms with Gasteiger partial charge in [-0.3, -0.25) is 72.7 Å². The molecular weight excluding hydrogens is 848 g/mol. The number of benzene rings is 1. The van der Waals surface area contributed by atoms with Crippen molar-refractivity contribution < 1.29 is 78.8 Å². The highest BCUT2D eigenvalue weighted by Crippen LogP contribution is 2.15. The zero-order valence-electron chi connectivity index (χ0n) is 34.6. The minimum Gasteiger partial charge on any atom is -0.481 e. The first-order chi connectivity index (χ1) is 29.3. The van der Waals surface area contributed by atoms with E-state index in [9.17, 15) is 63.9 Å². The highest BCUT2D eigenvalue weighted by molar-refractivity contribution is 5.75. The van der Waals surface area contributed by atoms with Gasteiger partial charge in [0, 0.05) is 103 Å². The third kappa shape index (κ3) is 25.0. The first kappa shape index (κ1) is 58.5. The largest absolute Gasteiger partial charge is 0.481 e. The molecule has 0 amide bonds. The van der Waals surface area contributed by atoms with Crippen LogP contribution in [0.2, 0.25) is 0 Å². The van der Waals surface area contributed by atoms with Crippen LogP contribution < -0.4 is 5.73 Å². The molecule has 1 unspecified atom stereocenters. The summed E-state index contributed by atoms with van der Waals surface area (Å²) in [5.74, 6) is -7.36. The van der Waals surface area contributed by atoms with Crippen molar-refractivity contribution in [3.8, 4) is 0 Å². The van der Waals surface area contributed by atoms with Crippen LogP contribution in [0, 0.1) is 0 Å². The Morgan fingerprint density at radius 3 is 1.42 bits per heavy atom. The predicted molar refractivity (Wildman–Crippen MR) is 231 cm³/mol. The molecule has 2 fully saturated rings. The summed E-state index contributed by atoms with van der Waals surface area (Å²) in [4.78, 5) is 102. The van der Waals surface area contributed by atoms with Crippen molar-refractivity contribution >= 4 is 53.9 Å². The summed E-state index contributed by atoms with van der Waals surface area (Å²) in [6, 6.07) is 5.75. The molecule has 364 valence electrons. The Bertz CT molecular complexity index is 1620. The standard InChI is InChI=1S/C23H35N5O8.C15H25N3O8.2CH4/c24-18-3-1-17(2-4-18)11-19-12-27(15-22(33)34)8-7-25(13-20(29)30)5-6-26(14-21(31)32)9-10-28(19)16-23(35)36;19-11-26-10-17-4-3-16(9-14(22)23)5-7-18(8-6-17)12(15(24)25)1-2-13(20)21;;/h1-4,19H,5-16,24H2,(H,29,30)(H,31,32)(H,33,34)(H,35,36);11-12H,1-10H2,(H,20,21)(H,22,23)(H,24,25);2*1H4/t19-;;;/m0.../s1. The van der Waals surface area contributed by atoms with E-state index in [0.29, 0.717) is 57.8 Å². The Balaban J connectivity index is 0.00000126. The summed E-state index contributed by atoms with van der Waals surface area (Å²) < 4.78 is 4.75. The van der Waals surface area contributed by atoms with Gasteiger partial charge in [0.05, 0.1) is 32.7 Å². The minimum absolute atomic E-state index is 0. The number of hydrogen-bond donors (Lipinski definition) is 8. The van der Waals surface area contributed by atoms with Gasteiger partial charge in [-0.05, 0) is 30.5 Å². The topological polar surface area (TPSA) is 336 Å². The molecule has 2 aliphatic rings. The summed E-state index contributed by atoms with van der Waals surface area (Å²) >= 11 is 0. The molecule has 0 aromatic heterocycles. The fourth-order valence-electron chi connectivity index (χ4n) is 7.09. The molecule has 2 heterocycles. The van der Waals surface area contributed by atoms with Crippen LogP contribution in [0.1, 0.15) is 33.3 Å². The summed E-state index contributed by atoms with van der Waals surface area (Å²) in [7, 11) is 0. The van der Waals surface area contributed by atoms with E-state index in [4.69, 9.17) is 20.7 Å². The van der Waals surface area contributed by atoms with E-state index in [0.717, 1.165) is 5.56 Å². The van der Waals surface area contributed by atoms with Crippen LogP contribution in [0.5, 0.6) is 0 Å². The maximum absolute atomic E-state index is 11.7. The molecule has 24 heteroatoms. The average Bonchev–Trinajstić information content (AvgIpc) is 3.26. The number of ether oxygens (including phenoxy) is 1. The van der Waals surface area contributed by atoms with Gasteiger partial charge in [0.25, 0.3) is 6.47 Å². The highest BCUT2D eigenvalue weighted by Gasteiger charge is 2.30. The van der Waals surface area contributed by atoms with Gasteiger partial charge in [0.15, 0.2) is 0 Å². The molecule has 1 aromatic carbocycles. The number of carbonyl (C=O) groups is 8. The number of carboxylic acids is 7. The van der Waals surface area contributed by atoms with E-state index in [2.05, 4.69) is 0 Å². The molecule has 3 rings (SSSR count). The molecule has 64 heavy (non-hydrogen) atoms. The molecule has 0 spiro atoms. The molecule has 2 atom stereocenters. The monoisotopic (exact) mass is 916 g/mol. The van der Waals surface area contributed by atoms with Gasteiger partial charge in [-0.2, -0.15) is 0 Å². The van der Waals surface area contributed by atoms with E-state index >= 15 is 0 Å². The SMILES string of the molecule is C.C.Nc1ccc(C[C@H]2CN(CC(=O)O)CCN(CC(=O)O)CCN(CC(=O)O)CCN2CC(=O)O)cc1.O=COCN1CCN(CC(=O)O)CCN(C(CCC(=O)O)C(=O)O)CC1. The molecule has 2 aliphatic heterocycles. The van der Waals surface area contributed by atoms with Gasteiger partial charge in [-0.1, -0.05) is 27.0 Å². The van der Waals surface area contributed by atoms with E-state index < -0.39 is 53.9 Å². The lowest BCUT2D eigenvalue weighted by Crippen LogP contribution is -2.53. The summed E-state index contributed by atoms with van der Waals surface area (Å²) in [5, 5.41) is 65.0. The molecule has 0 saturated carbocycles. The van der Waals surface area contributed by atoms with Gasteiger partial charge >= 0.3 is 41.8 Å². The fraction of sp³-hybridized carbons (Fsp3) is 0.650. The second-order valence-electron chi connectivity index (χ2n) is 14.9. The van der Waals surface area contributed by atoms with Crippen LogP contribution in [0.15, 0.2) is 24.3 Å². The van der Waals surface area contributed by atoms with Crippen LogP contribution in [-0.4, -0.2) is 255 Å². The Morgan fingerprint density at radius 2 is 0.984 bits per heavy atom. The summed E-state index contributed by atoms with van der Waals surface area (Å²) in [5.41, 5.74) is 7.26. The van der Waals surface area contributed by atoms with Gasteiger partial charge < -0.3 is 46.2 Å². The van der Waals surface area contributed by atoms with Gasteiger partial charge in [0.1, 0.15) is 12.8 Å². The van der Waals surface area contributed by atoms with Crippen molar-refractivity contribution in [1.82, 2.24) is 34.3 Å². The van der Waals surface area contributed by atoms with Crippen LogP contribution >= 0.6 is 0 Å². The second-order valence-corrected chi connectivity index (χ2v) is 14.9. The van der Waals surface area contributed by atoms with Crippen molar-refractivity contribution in [2.75, 3.05) is 130 Å². The predicted octanol–water partition coefficient (Wildman–Crippen LogP) is -1.55. The Kier molecular flexibility index (Phi) is 28.7. The fourth-order valence-corrected chi connectivity index (χ4v) is 7.09. The molecule has 0 aliphatic carbocycles. The molecule has 9 N–H and O–H groups in total. The van der Waals surface area contributed by atoms with Crippen molar-refractivity contribution in [1.29, 1.82) is 0 Å². The van der Waals surface area contributed by atoms with Gasteiger partial charge in [-0.25, -0.2) is 0 Å². The van der Waals surface area contributed by atoms with Crippen LogP contribution in [-0.2, 0) is 49.5 Å². The number of hydrogen-bond acceptors (Lipinski definition) is 17. The van der Waals surface area contributed by atoms with Crippen molar-refractivity contribution in [3.63, 3.8) is 0 Å². The van der Waals surface area contributed by atoms with E-state index in [1.54, 1.807) is 46.4 Å². The third-order valence-corrected chi connectivity index (χ3v) is 10.2. The molecule has 0 bridgehead atoms. The first-order valence-corrected chi connectivity index (χ1v) is 19.9. The lowest BCUT2D eigenvalue weighted by Gasteiger charge is -2.37. The number of aliphatic carboxylic acids is 7. The summed E-state index contributed by atoms with van der Waals surface area (Å²) in [6.07, 6.45) is 0.0974. The number of nitrogens with two attached hydrogens (primary N) is 1. The maximum Gasteiger partial charge on any atom is 0.320 e. The number of carboxylic acid groups (broad SMARTS) is 7. The second kappa shape index (κ2) is 31.4. The Hall–Kier alpha value is -5.50. The lowest BCUT2D eigenvalue weighted by molar-refractivity contribution is -0.145. The number of rotatable bonds is 20. The normalized spacial score (nSPS) is 18.8. The lowest BCUT2D eigenvalue weighted by atomic mass is 10.0. The first-order valence-electron chi connectivity index (χ1n) is 19.9. The molecular formula is C40H68N8O16.